The molecule has 0 spiro atoms. The lowest BCUT2D eigenvalue weighted by atomic mass is 10.1. The maximum Gasteiger partial charge on any atom is 0.243 e. The third-order valence-corrected chi connectivity index (χ3v) is 6.46. The molecule has 1 aromatic rings. The fourth-order valence-electron chi connectivity index (χ4n) is 3.28. The van der Waals surface area contributed by atoms with Gasteiger partial charge in [0.2, 0.25) is 15.9 Å². The van der Waals surface area contributed by atoms with Gasteiger partial charge in [-0.2, -0.15) is 4.31 Å². The molecule has 2 heterocycles. The number of nitrogens with one attached hydrogen (secondary N) is 2. The summed E-state index contributed by atoms with van der Waals surface area (Å²) in [5.41, 5.74) is 0. The summed E-state index contributed by atoms with van der Waals surface area (Å²) in [5.74, 6) is -0.158. The van der Waals surface area contributed by atoms with E-state index in [2.05, 4.69) is 10.6 Å². The second-order valence-electron chi connectivity index (χ2n) is 6.12. The Bertz CT molecular complexity index is 648. The van der Waals surface area contributed by atoms with Crippen LogP contribution < -0.4 is 10.6 Å². The number of rotatable bonds is 4. The molecule has 1 amide bonds. The maximum atomic E-state index is 12.8. The van der Waals surface area contributed by atoms with Gasteiger partial charge >= 0.3 is 0 Å². The molecule has 134 valence electrons. The lowest BCUT2D eigenvalue weighted by Gasteiger charge is -2.28. The maximum absolute atomic E-state index is 12.8. The average molecular weight is 374 g/mol. The summed E-state index contributed by atoms with van der Waals surface area (Å²) in [6, 6.07) is 7.90. The summed E-state index contributed by atoms with van der Waals surface area (Å²) in [6.07, 6.45) is 3.09. The summed E-state index contributed by atoms with van der Waals surface area (Å²) >= 11 is 0. The van der Waals surface area contributed by atoms with Gasteiger partial charge in [0.05, 0.1) is 4.90 Å². The monoisotopic (exact) mass is 373 g/mol. The van der Waals surface area contributed by atoms with Gasteiger partial charge in [-0.15, -0.1) is 12.4 Å². The summed E-state index contributed by atoms with van der Waals surface area (Å²) in [6.45, 7) is 2.19. The normalized spacial score (nSPS) is 22.8. The molecule has 0 aliphatic carbocycles. The van der Waals surface area contributed by atoms with Crippen LogP contribution in [0.2, 0.25) is 0 Å². The van der Waals surface area contributed by atoms with E-state index in [-0.39, 0.29) is 29.3 Å². The third-order valence-electron chi connectivity index (χ3n) is 4.54. The van der Waals surface area contributed by atoms with Gasteiger partial charge in [0.25, 0.3) is 0 Å². The molecular formula is C16H24ClN3O3S. The topological polar surface area (TPSA) is 78.5 Å². The van der Waals surface area contributed by atoms with E-state index in [9.17, 15) is 13.2 Å². The zero-order valence-corrected chi connectivity index (χ0v) is 15.1. The summed E-state index contributed by atoms with van der Waals surface area (Å²) in [7, 11) is -3.61. The van der Waals surface area contributed by atoms with Crippen molar-refractivity contribution in [2.24, 2.45) is 0 Å². The Morgan fingerprint density at radius 3 is 2.46 bits per heavy atom. The van der Waals surface area contributed by atoms with Gasteiger partial charge in [-0.25, -0.2) is 8.42 Å². The molecule has 8 heteroatoms. The number of hydrogen-bond acceptors (Lipinski definition) is 4. The second kappa shape index (κ2) is 8.29. The molecular weight excluding hydrogens is 350 g/mol. The van der Waals surface area contributed by atoms with Crippen molar-refractivity contribution in [2.75, 3.05) is 19.6 Å². The fraction of sp³-hybridized carbons (Fsp3) is 0.562. The molecule has 2 aliphatic heterocycles. The molecule has 0 aromatic heterocycles. The quantitative estimate of drug-likeness (QED) is 0.829. The summed E-state index contributed by atoms with van der Waals surface area (Å²) in [5, 5.41) is 6.28. The first kappa shape index (κ1) is 19.2. The highest BCUT2D eigenvalue weighted by Crippen LogP contribution is 2.26. The van der Waals surface area contributed by atoms with E-state index < -0.39 is 16.1 Å². The zero-order valence-electron chi connectivity index (χ0n) is 13.5. The molecule has 1 unspecified atom stereocenters. The Morgan fingerprint density at radius 1 is 1.12 bits per heavy atom. The zero-order chi connectivity index (χ0) is 16.3. The number of amides is 1. The molecule has 0 radical (unpaired) electrons. The van der Waals surface area contributed by atoms with E-state index in [1.165, 1.54) is 4.31 Å². The first-order valence-electron chi connectivity index (χ1n) is 8.17. The number of halogens is 1. The van der Waals surface area contributed by atoms with Gasteiger partial charge in [-0.1, -0.05) is 18.2 Å². The van der Waals surface area contributed by atoms with Crippen LogP contribution in [0.1, 0.15) is 25.7 Å². The molecule has 1 atom stereocenters. The number of carbonyl (C=O) groups excluding carboxylic acids is 1. The van der Waals surface area contributed by atoms with Crippen molar-refractivity contribution in [3.63, 3.8) is 0 Å². The largest absolute Gasteiger partial charge is 0.352 e. The first-order chi connectivity index (χ1) is 11.1. The number of sulfonamides is 1. The molecule has 2 N–H and O–H groups in total. The molecule has 1 aromatic carbocycles. The molecule has 2 aliphatic rings. The van der Waals surface area contributed by atoms with Crippen molar-refractivity contribution in [2.45, 2.75) is 42.7 Å². The summed E-state index contributed by atoms with van der Waals surface area (Å²) < 4.78 is 26.9. The third kappa shape index (κ3) is 4.08. The molecule has 24 heavy (non-hydrogen) atoms. The van der Waals surface area contributed by atoms with Crippen molar-refractivity contribution in [3.05, 3.63) is 30.3 Å². The highest BCUT2D eigenvalue weighted by molar-refractivity contribution is 7.89. The Labute approximate surface area is 149 Å². The number of piperidine rings is 1. The van der Waals surface area contributed by atoms with Gasteiger partial charge in [0, 0.05) is 12.6 Å². The van der Waals surface area contributed by atoms with Crippen LogP contribution in [0.5, 0.6) is 0 Å². The SMILES string of the molecule is Cl.O=C(NC1CCNCC1)C1CCCN1S(=O)(=O)c1ccccc1. The minimum Gasteiger partial charge on any atom is -0.352 e. The smallest absolute Gasteiger partial charge is 0.243 e. The minimum absolute atomic E-state index is 0. The molecule has 0 bridgehead atoms. The van der Waals surface area contributed by atoms with E-state index in [0.29, 0.717) is 13.0 Å². The van der Waals surface area contributed by atoms with Crippen LogP contribution in [0.25, 0.3) is 0 Å². The number of hydrogen-bond donors (Lipinski definition) is 2. The van der Waals surface area contributed by atoms with E-state index in [1.54, 1.807) is 30.3 Å². The Morgan fingerprint density at radius 2 is 1.79 bits per heavy atom. The Balaban J connectivity index is 0.00000208. The van der Waals surface area contributed by atoms with Crippen LogP contribution in [0.3, 0.4) is 0 Å². The van der Waals surface area contributed by atoms with Crippen molar-refractivity contribution >= 4 is 28.3 Å². The van der Waals surface area contributed by atoms with Gasteiger partial charge in [-0.05, 0) is 50.9 Å². The molecule has 3 rings (SSSR count). The van der Waals surface area contributed by atoms with Crippen LogP contribution in [0, 0.1) is 0 Å². The molecule has 6 nitrogen and oxygen atoms in total. The van der Waals surface area contributed by atoms with E-state index in [4.69, 9.17) is 0 Å². The fourth-order valence-corrected chi connectivity index (χ4v) is 4.96. The van der Waals surface area contributed by atoms with Crippen molar-refractivity contribution in [1.82, 2.24) is 14.9 Å². The van der Waals surface area contributed by atoms with Gasteiger partial charge in [0.1, 0.15) is 6.04 Å². The van der Waals surface area contributed by atoms with Crippen LogP contribution in [0.15, 0.2) is 35.2 Å². The standard InChI is InChI=1S/C16H23N3O3S.ClH/c20-16(18-13-8-10-17-11-9-13)15-7-4-12-19(15)23(21,22)14-5-2-1-3-6-14;/h1-3,5-6,13,15,17H,4,7-12H2,(H,18,20);1H. The van der Waals surface area contributed by atoms with Crippen molar-refractivity contribution in [1.29, 1.82) is 0 Å². The molecule has 0 saturated carbocycles. The highest BCUT2D eigenvalue weighted by atomic mass is 35.5. The number of benzene rings is 1. The predicted molar refractivity (Wildman–Crippen MR) is 94.6 cm³/mol. The lowest BCUT2D eigenvalue weighted by molar-refractivity contribution is -0.125. The molecule has 2 saturated heterocycles. The average Bonchev–Trinajstić information content (AvgIpc) is 3.07. The Hall–Kier alpha value is -1.15. The molecule has 2 fully saturated rings. The highest BCUT2D eigenvalue weighted by Gasteiger charge is 2.39. The van der Waals surface area contributed by atoms with Crippen LogP contribution in [-0.2, 0) is 14.8 Å². The van der Waals surface area contributed by atoms with E-state index >= 15 is 0 Å². The van der Waals surface area contributed by atoms with Gasteiger partial charge in [0.15, 0.2) is 0 Å². The van der Waals surface area contributed by atoms with Crippen LogP contribution in [-0.4, -0.2) is 50.3 Å². The van der Waals surface area contributed by atoms with Crippen molar-refractivity contribution in [3.8, 4) is 0 Å². The Kier molecular flexibility index (Phi) is 6.62. The van der Waals surface area contributed by atoms with Crippen molar-refractivity contribution < 1.29 is 13.2 Å². The predicted octanol–water partition coefficient (Wildman–Crippen LogP) is 1.13. The first-order valence-corrected chi connectivity index (χ1v) is 9.61. The lowest BCUT2D eigenvalue weighted by Crippen LogP contribution is -2.50. The summed E-state index contributed by atoms with van der Waals surface area (Å²) in [4.78, 5) is 12.8. The minimum atomic E-state index is -3.61. The number of nitrogens with zero attached hydrogens (tertiary/aromatic N) is 1. The van der Waals surface area contributed by atoms with Gasteiger partial charge < -0.3 is 10.6 Å². The second-order valence-corrected chi connectivity index (χ2v) is 8.01. The van der Waals surface area contributed by atoms with Crippen LogP contribution in [0.4, 0.5) is 0 Å². The van der Waals surface area contributed by atoms with Crippen LogP contribution >= 0.6 is 12.4 Å². The van der Waals surface area contributed by atoms with E-state index in [1.807, 2.05) is 0 Å². The van der Waals surface area contributed by atoms with Gasteiger partial charge in [-0.3, -0.25) is 4.79 Å². The number of carbonyl (C=O) groups is 1. The van der Waals surface area contributed by atoms with E-state index in [0.717, 1.165) is 32.4 Å².